The first-order valence-corrected chi connectivity index (χ1v) is 12.0. The van der Waals surface area contributed by atoms with E-state index in [0.717, 1.165) is 17.5 Å². The summed E-state index contributed by atoms with van der Waals surface area (Å²) >= 11 is 1.33. The third kappa shape index (κ3) is 4.57. The monoisotopic (exact) mass is 446 g/mol. The zero-order valence-electron chi connectivity index (χ0n) is 16.7. The number of carbonyl (C=O) groups excluding carboxylic acids is 1. The van der Waals surface area contributed by atoms with Gasteiger partial charge in [0.25, 0.3) is 0 Å². The fourth-order valence-electron chi connectivity index (χ4n) is 3.20. The Balaban J connectivity index is 1.47. The number of aromatic nitrogens is 1. The summed E-state index contributed by atoms with van der Waals surface area (Å²) in [5.41, 5.74) is 1.34. The maximum absolute atomic E-state index is 12.5. The molecule has 1 heterocycles. The Labute approximate surface area is 179 Å². The Morgan fingerprint density at radius 3 is 2.60 bits per heavy atom. The fraction of sp³-hybridized carbons (Fsp3) is 0.333. The minimum absolute atomic E-state index is 0.0648. The minimum atomic E-state index is -3.31. The first-order valence-electron chi connectivity index (χ1n) is 9.52. The van der Waals surface area contributed by atoms with Crippen LogP contribution >= 0.6 is 11.3 Å². The number of ether oxygens (including phenoxy) is 2. The van der Waals surface area contributed by atoms with Crippen LogP contribution in [0.5, 0.6) is 11.5 Å². The summed E-state index contributed by atoms with van der Waals surface area (Å²) in [6.45, 7) is 0. The average Bonchev–Trinajstić information content (AvgIpc) is 3.43. The lowest BCUT2D eigenvalue weighted by atomic mass is 10.1. The number of thiazole rings is 1. The Kier molecular flexibility index (Phi) is 5.66. The Morgan fingerprint density at radius 2 is 1.90 bits per heavy atom. The van der Waals surface area contributed by atoms with Crippen molar-refractivity contribution in [3.63, 3.8) is 0 Å². The second kappa shape index (κ2) is 8.23. The molecule has 1 N–H and O–H groups in total. The van der Waals surface area contributed by atoms with Gasteiger partial charge in [0.2, 0.25) is 5.91 Å². The molecule has 0 saturated heterocycles. The number of anilines is 1. The fourth-order valence-corrected chi connectivity index (χ4v) is 5.85. The minimum Gasteiger partial charge on any atom is -0.493 e. The number of methoxy groups -OCH3 is 2. The van der Waals surface area contributed by atoms with E-state index >= 15 is 0 Å². The molecule has 0 aliphatic heterocycles. The lowest BCUT2D eigenvalue weighted by molar-refractivity contribution is -0.115. The Bertz CT molecular complexity index is 1160. The molecule has 1 amide bonds. The van der Waals surface area contributed by atoms with Crippen molar-refractivity contribution in [3.05, 3.63) is 42.0 Å². The topological polar surface area (TPSA) is 94.6 Å². The van der Waals surface area contributed by atoms with Crippen LogP contribution in [-0.4, -0.2) is 39.3 Å². The Morgan fingerprint density at radius 1 is 1.17 bits per heavy atom. The zero-order chi connectivity index (χ0) is 21.3. The molecule has 1 fully saturated rings. The smallest absolute Gasteiger partial charge is 0.230 e. The predicted octanol–water partition coefficient (Wildman–Crippen LogP) is 3.68. The number of benzene rings is 2. The maximum Gasteiger partial charge on any atom is 0.230 e. The van der Waals surface area contributed by atoms with Crippen LogP contribution in [-0.2, 0) is 21.1 Å². The summed E-state index contributed by atoms with van der Waals surface area (Å²) in [5, 5.41) is 3.25. The van der Waals surface area contributed by atoms with Crippen molar-refractivity contribution < 1.29 is 22.7 Å². The van der Waals surface area contributed by atoms with Gasteiger partial charge in [-0.1, -0.05) is 23.5 Å². The predicted molar refractivity (Wildman–Crippen MR) is 116 cm³/mol. The van der Waals surface area contributed by atoms with Crippen LogP contribution in [0.3, 0.4) is 0 Å². The normalized spacial score (nSPS) is 13.9. The molecule has 1 aliphatic carbocycles. The summed E-state index contributed by atoms with van der Waals surface area (Å²) < 4.78 is 36.4. The highest BCUT2D eigenvalue weighted by molar-refractivity contribution is 7.91. The van der Waals surface area contributed by atoms with Crippen molar-refractivity contribution in [2.45, 2.75) is 24.2 Å². The molecule has 0 unspecified atom stereocenters. The highest BCUT2D eigenvalue weighted by Crippen LogP contribution is 2.36. The lowest BCUT2D eigenvalue weighted by Gasteiger charge is -2.06. The summed E-state index contributed by atoms with van der Waals surface area (Å²) in [6.07, 6.45) is 2.01. The highest BCUT2D eigenvalue weighted by atomic mass is 32.2. The van der Waals surface area contributed by atoms with Crippen molar-refractivity contribution in [1.29, 1.82) is 0 Å². The molecule has 9 heteroatoms. The van der Waals surface area contributed by atoms with E-state index < -0.39 is 9.84 Å². The molecule has 0 spiro atoms. The number of sulfone groups is 1. The van der Waals surface area contributed by atoms with E-state index in [0.29, 0.717) is 27.7 Å². The van der Waals surface area contributed by atoms with Crippen LogP contribution in [0.25, 0.3) is 10.2 Å². The molecule has 1 aromatic heterocycles. The standard InChI is InChI=1S/C21H22N2O5S2/c1-27-17-10-16-19(11-18(17)28-2)29-21(22-16)23-20(24)9-14-4-3-5-15(8-14)30(25,26)12-13-6-7-13/h3-5,8,10-11,13H,6-7,9,12H2,1-2H3,(H,22,23,24). The van der Waals surface area contributed by atoms with Crippen molar-refractivity contribution >= 4 is 42.4 Å². The lowest BCUT2D eigenvalue weighted by Crippen LogP contribution is -2.15. The van der Waals surface area contributed by atoms with Crippen LogP contribution in [0.1, 0.15) is 18.4 Å². The SMILES string of the molecule is COc1cc2nc(NC(=O)Cc3cccc(S(=O)(=O)CC4CC4)c3)sc2cc1OC. The first-order chi connectivity index (χ1) is 14.4. The van der Waals surface area contributed by atoms with Gasteiger partial charge >= 0.3 is 0 Å². The van der Waals surface area contributed by atoms with Crippen LogP contribution in [0, 0.1) is 5.92 Å². The summed E-state index contributed by atoms with van der Waals surface area (Å²) in [5.74, 6) is 1.36. The summed E-state index contributed by atoms with van der Waals surface area (Å²) in [6, 6.07) is 10.2. The largest absolute Gasteiger partial charge is 0.493 e. The van der Waals surface area contributed by atoms with Gasteiger partial charge in [0.15, 0.2) is 26.5 Å². The molecular formula is C21H22N2O5S2. The van der Waals surface area contributed by atoms with E-state index in [4.69, 9.17) is 9.47 Å². The third-order valence-electron chi connectivity index (χ3n) is 4.91. The number of fused-ring (bicyclic) bond motifs is 1. The van der Waals surface area contributed by atoms with Crippen molar-refractivity contribution in [2.75, 3.05) is 25.3 Å². The number of nitrogens with zero attached hydrogens (tertiary/aromatic N) is 1. The summed E-state index contributed by atoms with van der Waals surface area (Å²) in [4.78, 5) is 17.2. The van der Waals surface area contributed by atoms with Crippen molar-refractivity contribution in [3.8, 4) is 11.5 Å². The van der Waals surface area contributed by atoms with Gasteiger partial charge in [0, 0.05) is 12.1 Å². The van der Waals surface area contributed by atoms with E-state index in [1.807, 2.05) is 6.07 Å². The third-order valence-corrected chi connectivity index (χ3v) is 7.73. The molecule has 7 nitrogen and oxygen atoms in total. The van der Waals surface area contributed by atoms with Crippen molar-refractivity contribution in [2.24, 2.45) is 5.92 Å². The molecule has 0 radical (unpaired) electrons. The van der Waals surface area contributed by atoms with Crippen LogP contribution < -0.4 is 14.8 Å². The number of hydrogen-bond donors (Lipinski definition) is 1. The number of nitrogens with one attached hydrogen (secondary N) is 1. The Hall–Kier alpha value is -2.65. The van der Waals surface area contributed by atoms with Gasteiger partial charge in [-0.05, 0) is 36.5 Å². The number of rotatable bonds is 8. The molecule has 1 saturated carbocycles. The molecule has 2 aromatic carbocycles. The van der Waals surface area contributed by atoms with Gasteiger partial charge in [-0.2, -0.15) is 0 Å². The van der Waals surface area contributed by atoms with Crippen LogP contribution in [0.2, 0.25) is 0 Å². The molecule has 3 aromatic rings. The summed E-state index contributed by atoms with van der Waals surface area (Å²) in [7, 11) is -0.195. The molecule has 4 rings (SSSR count). The number of hydrogen-bond acceptors (Lipinski definition) is 7. The second-order valence-electron chi connectivity index (χ2n) is 7.29. The van der Waals surface area contributed by atoms with E-state index in [1.54, 1.807) is 44.6 Å². The van der Waals surface area contributed by atoms with Gasteiger partial charge in [-0.3, -0.25) is 4.79 Å². The maximum atomic E-state index is 12.5. The molecule has 158 valence electrons. The van der Waals surface area contributed by atoms with Gasteiger partial charge in [0.1, 0.15) is 0 Å². The van der Waals surface area contributed by atoms with E-state index in [2.05, 4.69) is 10.3 Å². The first kappa shape index (κ1) is 20.6. The molecule has 0 atom stereocenters. The van der Waals surface area contributed by atoms with E-state index in [9.17, 15) is 13.2 Å². The quantitative estimate of drug-likeness (QED) is 0.567. The molecular weight excluding hydrogens is 424 g/mol. The molecule has 30 heavy (non-hydrogen) atoms. The average molecular weight is 447 g/mol. The van der Waals surface area contributed by atoms with Crippen molar-refractivity contribution in [1.82, 2.24) is 4.98 Å². The van der Waals surface area contributed by atoms with Gasteiger partial charge in [-0.25, -0.2) is 13.4 Å². The molecule has 0 bridgehead atoms. The number of amides is 1. The van der Waals surface area contributed by atoms with Gasteiger partial charge in [0.05, 0.1) is 41.5 Å². The van der Waals surface area contributed by atoms with Crippen LogP contribution in [0.4, 0.5) is 5.13 Å². The zero-order valence-corrected chi connectivity index (χ0v) is 18.3. The second-order valence-corrected chi connectivity index (χ2v) is 10.4. The van der Waals surface area contributed by atoms with E-state index in [-0.39, 0.29) is 28.9 Å². The number of carbonyl (C=O) groups is 1. The van der Waals surface area contributed by atoms with Gasteiger partial charge in [-0.15, -0.1) is 0 Å². The highest BCUT2D eigenvalue weighted by Gasteiger charge is 2.29. The van der Waals surface area contributed by atoms with Crippen LogP contribution in [0.15, 0.2) is 41.3 Å². The van der Waals surface area contributed by atoms with Gasteiger partial charge < -0.3 is 14.8 Å². The van der Waals surface area contributed by atoms with E-state index in [1.165, 1.54) is 11.3 Å². The molecule has 1 aliphatic rings.